The van der Waals surface area contributed by atoms with Crippen molar-refractivity contribution in [2.45, 2.75) is 63.7 Å². The molecule has 11 heteroatoms. The van der Waals surface area contributed by atoms with Crippen LogP contribution in [0.25, 0.3) is 0 Å². The second-order valence-electron chi connectivity index (χ2n) is 6.44. The van der Waals surface area contributed by atoms with Crippen LogP contribution < -0.4 is 0 Å². The second kappa shape index (κ2) is 10.0. The van der Waals surface area contributed by atoms with Gasteiger partial charge in [0.05, 0.1) is 32.3 Å². The third-order valence-electron chi connectivity index (χ3n) is 4.39. The summed E-state index contributed by atoms with van der Waals surface area (Å²) in [6.45, 7) is 3.64. The van der Waals surface area contributed by atoms with Crippen molar-refractivity contribution in [1.82, 2.24) is 0 Å². The molecule has 146 valence electrons. The molecule has 1 saturated carbocycles. The maximum absolute atomic E-state index is 12.3. The Morgan fingerprint density at radius 3 is 2.40 bits per heavy atom. The van der Waals surface area contributed by atoms with Crippen LogP contribution in [0, 0.1) is 5.92 Å². The highest BCUT2D eigenvalue weighted by Gasteiger charge is 2.46. The molecule has 2 radical (unpaired) electrons. The van der Waals surface area contributed by atoms with Crippen LogP contribution >= 0.6 is 15.4 Å². The van der Waals surface area contributed by atoms with Crippen molar-refractivity contribution in [3.05, 3.63) is 0 Å². The lowest BCUT2D eigenvalue weighted by Crippen LogP contribution is -2.32. The molecule has 0 aromatic carbocycles. The summed E-state index contributed by atoms with van der Waals surface area (Å²) < 4.78 is 44.4. The van der Waals surface area contributed by atoms with Gasteiger partial charge in [0, 0.05) is 14.2 Å². The first kappa shape index (κ1) is 23.3. The Bertz CT molecular complexity index is 505. The lowest BCUT2D eigenvalue weighted by Gasteiger charge is -2.28. The van der Waals surface area contributed by atoms with Gasteiger partial charge in [0.25, 0.3) is 0 Å². The largest absolute Gasteiger partial charge is 0.472 e. The van der Waals surface area contributed by atoms with Crippen molar-refractivity contribution < 1.29 is 37.2 Å². The highest BCUT2D eigenvalue weighted by Crippen LogP contribution is 2.53. The number of phosphoric ester groups is 1. The van der Waals surface area contributed by atoms with Gasteiger partial charge in [0.15, 0.2) is 0 Å². The van der Waals surface area contributed by atoms with E-state index in [0.29, 0.717) is 12.8 Å². The molecule has 0 amide bonds. The van der Waals surface area contributed by atoms with E-state index < -0.39 is 39.5 Å². The van der Waals surface area contributed by atoms with Gasteiger partial charge in [-0.1, -0.05) is 19.8 Å². The molecule has 0 spiro atoms. The van der Waals surface area contributed by atoms with Gasteiger partial charge in [0.1, 0.15) is 0 Å². The summed E-state index contributed by atoms with van der Waals surface area (Å²) in [7, 11) is 0.643. The van der Waals surface area contributed by atoms with Crippen LogP contribution in [0.4, 0.5) is 0 Å². The molecule has 0 heterocycles. The van der Waals surface area contributed by atoms with E-state index >= 15 is 0 Å². The van der Waals surface area contributed by atoms with Crippen LogP contribution in [0.1, 0.15) is 39.5 Å². The molecule has 0 aromatic rings. The number of phosphoric acid groups is 1. The molecule has 7 atom stereocenters. The Morgan fingerprint density at radius 1 is 1.24 bits per heavy atom. The highest BCUT2D eigenvalue weighted by atomic mass is 31.2. The Kier molecular flexibility index (Phi) is 9.33. The molecule has 1 rings (SSSR count). The maximum atomic E-state index is 12.3. The molecular weight excluding hydrogens is 369 g/mol. The number of hydrogen-bond donors (Lipinski definition) is 2. The van der Waals surface area contributed by atoms with E-state index in [4.69, 9.17) is 21.6 Å². The van der Waals surface area contributed by atoms with Gasteiger partial charge in [-0.3, -0.25) is 13.6 Å². The summed E-state index contributed by atoms with van der Waals surface area (Å²) in [6.07, 6.45) is 0.194. The minimum absolute atomic E-state index is 0.0972. The van der Waals surface area contributed by atoms with Gasteiger partial charge in [-0.2, -0.15) is 0 Å². The first-order valence-electron chi connectivity index (χ1n) is 8.40. The third-order valence-corrected chi connectivity index (χ3v) is 6.92. The number of rotatable bonds is 11. The van der Waals surface area contributed by atoms with Crippen molar-refractivity contribution in [2.75, 3.05) is 20.4 Å². The third kappa shape index (κ3) is 7.43. The average Bonchev–Trinajstić information content (AvgIpc) is 2.79. The minimum atomic E-state index is -4.31. The fraction of sp³-hybridized carbons (Fsp3) is 1.00. The molecular formula is C14H29BO8P2. The average molecular weight is 398 g/mol. The zero-order valence-electron chi connectivity index (χ0n) is 15.2. The van der Waals surface area contributed by atoms with Crippen LogP contribution in [0.2, 0.25) is 5.82 Å². The predicted octanol–water partition coefficient (Wildman–Crippen LogP) is 2.89. The van der Waals surface area contributed by atoms with Crippen molar-refractivity contribution in [2.24, 2.45) is 5.92 Å². The summed E-state index contributed by atoms with van der Waals surface area (Å²) in [5, 5.41) is 0. The van der Waals surface area contributed by atoms with E-state index in [0.717, 1.165) is 13.5 Å². The van der Waals surface area contributed by atoms with E-state index in [1.807, 2.05) is 6.92 Å². The lowest BCUT2D eigenvalue weighted by atomic mass is 9.83. The first-order chi connectivity index (χ1) is 11.5. The second-order valence-corrected chi connectivity index (χ2v) is 9.88. The van der Waals surface area contributed by atoms with Crippen LogP contribution in [0.5, 0.6) is 0 Å². The molecule has 3 unspecified atom stereocenters. The molecule has 25 heavy (non-hydrogen) atoms. The Hall–Kier alpha value is 0.285. The molecule has 1 aliphatic rings. The summed E-state index contributed by atoms with van der Waals surface area (Å²) in [6, 6.07) is 0. The van der Waals surface area contributed by atoms with Crippen molar-refractivity contribution >= 4 is 23.3 Å². The SMILES string of the molecule is [B][C@H]1C[C@H](CCP(=O)(O)OC)[C@@H](OP(=O)(O)OC(C)CCC)[C@H]1OC. The summed E-state index contributed by atoms with van der Waals surface area (Å²) in [4.78, 5) is 19.6. The predicted molar refractivity (Wildman–Crippen MR) is 94.9 cm³/mol. The monoisotopic (exact) mass is 398 g/mol. The molecule has 0 aliphatic heterocycles. The van der Waals surface area contributed by atoms with Gasteiger partial charge in [-0.15, -0.1) is 0 Å². The van der Waals surface area contributed by atoms with Gasteiger partial charge in [0.2, 0.25) is 0 Å². The topological polar surface area (TPSA) is 112 Å². The Labute approximate surface area is 151 Å². The van der Waals surface area contributed by atoms with E-state index in [2.05, 4.69) is 4.52 Å². The van der Waals surface area contributed by atoms with Gasteiger partial charge in [-0.05, 0) is 31.5 Å². The molecule has 2 N–H and O–H groups in total. The normalized spacial score (nSPS) is 32.9. The molecule has 0 saturated heterocycles. The highest BCUT2D eigenvalue weighted by molar-refractivity contribution is 7.52. The summed E-state index contributed by atoms with van der Waals surface area (Å²) >= 11 is 0. The molecule has 1 aliphatic carbocycles. The summed E-state index contributed by atoms with van der Waals surface area (Å²) in [5.41, 5.74) is 0. The quantitative estimate of drug-likeness (QED) is 0.404. The minimum Gasteiger partial charge on any atom is -0.379 e. The van der Waals surface area contributed by atoms with Crippen molar-refractivity contribution in [1.29, 1.82) is 0 Å². The van der Waals surface area contributed by atoms with E-state index in [1.165, 1.54) is 7.11 Å². The number of methoxy groups -OCH3 is 1. The standard InChI is InChI=1S/C14H29BO8P2/c1-5-6-10(2)22-25(18,19)23-13-11(7-8-24(16,17)21-4)9-12(15)14(13)20-3/h10-14H,5-9H2,1-4H3,(H,16,17)(H,18,19)/t10?,11-,12-,13+,14-/m0/s1. The van der Waals surface area contributed by atoms with E-state index in [-0.39, 0.29) is 18.5 Å². The zero-order valence-corrected chi connectivity index (χ0v) is 17.0. The van der Waals surface area contributed by atoms with Crippen LogP contribution in [0.15, 0.2) is 0 Å². The van der Waals surface area contributed by atoms with Gasteiger partial charge in [-0.25, -0.2) is 4.57 Å². The Morgan fingerprint density at radius 2 is 1.88 bits per heavy atom. The fourth-order valence-corrected chi connectivity index (χ4v) is 5.20. The molecule has 1 fully saturated rings. The smallest absolute Gasteiger partial charge is 0.379 e. The van der Waals surface area contributed by atoms with Crippen LogP contribution in [0.3, 0.4) is 0 Å². The molecule has 0 bridgehead atoms. The lowest BCUT2D eigenvalue weighted by molar-refractivity contribution is -0.0184. The Balaban J connectivity index is 2.81. The van der Waals surface area contributed by atoms with E-state index in [9.17, 15) is 18.9 Å². The van der Waals surface area contributed by atoms with Crippen LogP contribution in [-0.2, 0) is 27.4 Å². The fourth-order valence-electron chi connectivity index (χ4n) is 3.15. The zero-order chi connectivity index (χ0) is 19.3. The van der Waals surface area contributed by atoms with Gasteiger partial charge >= 0.3 is 15.4 Å². The van der Waals surface area contributed by atoms with Gasteiger partial charge < -0.3 is 19.0 Å². The number of hydrogen-bond acceptors (Lipinski definition) is 6. The molecule has 0 aromatic heterocycles. The van der Waals surface area contributed by atoms with Crippen molar-refractivity contribution in [3.8, 4) is 0 Å². The molecule has 8 nitrogen and oxygen atoms in total. The van der Waals surface area contributed by atoms with E-state index in [1.54, 1.807) is 6.92 Å². The first-order valence-corrected chi connectivity index (χ1v) is 11.7. The maximum Gasteiger partial charge on any atom is 0.472 e. The van der Waals surface area contributed by atoms with Crippen molar-refractivity contribution in [3.63, 3.8) is 0 Å². The summed E-state index contributed by atoms with van der Waals surface area (Å²) in [5.74, 6) is -0.727. The number of ether oxygens (including phenoxy) is 1. The van der Waals surface area contributed by atoms with Crippen LogP contribution in [-0.4, -0.2) is 56.3 Å².